The van der Waals surface area contributed by atoms with E-state index in [1.54, 1.807) is 7.11 Å². The van der Waals surface area contributed by atoms with Crippen LogP contribution in [-0.2, 0) is 0 Å². The van der Waals surface area contributed by atoms with Gasteiger partial charge in [0.25, 0.3) is 0 Å². The van der Waals surface area contributed by atoms with Crippen molar-refractivity contribution in [3.05, 3.63) is 29.8 Å². The Morgan fingerprint density at radius 3 is 3.00 bits per heavy atom. The predicted octanol–water partition coefficient (Wildman–Crippen LogP) is 1.40. The summed E-state index contributed by atoms with van der Waals surface area (Å²) in [5.41, 5.74) is 6.92. The van der Waals surface area contributed by atoms with E-state index in [-0.39, 0.29) is 0 Å². The fourth-order valence-corrected chi connectivity index (χ4v) is 2.61. The van der Waals surface area contributed by atoms with E-state index in [0.29, 0.717) is 18.5 Å². The molecule has 2 rings (SSSR count). The van der Waals surface area contributed by atoms with Crippen LogP contribution in [0.2, 0.25) is 0 Å². The van der Waals surface area contributed by atoms with Crippen molar-refractivity contribution < 1.29 is 9.84 Å². The highest BCUT2D eigenvalue weighted by Gasteiger charge is 2.24. The van der Waals surface area contributed by atoms with Crippen LogP contribution in [0.3, 0.4) is 0 Å². The van der Waals surface area contributed by atoms with E-state index >= 15 is 0 Å². The van der Waals surface area contributed by atoms with Gasteiger partial charge in [-0.05, 0) is 36.6 Å². The third-order valence-electron chi connectivity index (χ3n) is 3.97. The lowest BCUT2D eigenvalue weighted by atomic mass is 9.94. The number of benzene rings is 1. The molecule has 1 aliphatic rings. The van der Waals surface area contributed by atoms with E-state index in [1.807, 2.05) is 24.3 Å². The Morgan fingerprint density at radius 2 is 2.32 bits per heavy atom. The van der Waals surface area contributed by atoms with Gasteiger partial charge in [0.15, 0.2) is 0 Å². The highest BCUT2D eigenvalue weighted by atomic mass is 16.5. The highest BCUT2D eigenvalue weighted by molar-refractivity contribution is 5.29. The molecular formula is C15H24N2O2. The molecule has 3 atom stereocenters. The molecule has 19 heavy (non-hydrogen) atoms. The average molecular weight is 264 g/mol. The van der Waals surface area contributed by atoms with E-state index in [4.69, 9.17) is 10.5 Å². The first-order valence-corrected chi connectivity index (χ1v) is 6.90. The van der Waals surface area contributed by atoms with E-state index in [9.17, 15) is 5.11 Å². The molecular weight excluding hydrogens is 240 g/mol. The number of piperidine rings is 1. The van der Waals surface area contributed by atoms with Crippen LogP contribution < -0.4 is 10.5 Å². The Kier molecular flexibility index (Phi) is 4.80. The fraction of sp³-hybridized carbons (Fsp3) is 0.600. The van der Waals surface area contributed by atoms with Gasteiger partial charge in [-0.15, -0.1) is 0 Å². The zero-order valence-corrected chi connectivity index (χ0v) is 11.7. The van der Waals surface area contributed by atoms with Gasteiger partial charge in [0.1, 0.15) is 5.75 Å². The van der Waals surface area contributed by atoms with Gasteiger partial charge in [-0.2, -0.15) is 0 Å². The van der Waals surface area contributed by atoms with E-state index < -0.39 is 6.10 Å². The van der Waals surface area contributed by atoms with Gasteiger partial charge in [-0.1, -0.05) is 19.1 Å². The van der Waals surface area contributed by atoms with Gasteiger partial charge in [-0.25, -0.2) is 0 Å². The van der Waals surface area contributed by atoms with Crippen LogP contribution >= 0.6 is 0 Å². The van der Waals surface area contributed by atoms with Crippen LogP contribution in [0, 0.1) is 5.92 Å². The number of ether oxygens (including phenoxy) is 1. The van der Waals surface area contributed by atoms with Crippen LogP contribution in [0.15, 0.2) is 24.3 Å². The lowest BCUT2D eigenvalue weighted by Gasteiger charge is -2.36. The van der Waals surface area contributed by atoms with Crippen molar-refractivity contribution in [2.45, 2.75) is 25.5 Å². The molecule has 1 aliphatic heterocycles. The molecule has 4 nitrogen and oxygen atoms in total. The molecule has 1 fully saturated rings. The maximum Gasteiger partial charge on any atom is 0.119 e. The quantitative estimate of drug-likeness (QED) is 0.863. The van der Waals surface area contributed by atoms with Crippen LogP contribution in [0.25, 0.3) is 0 Å². The van der Waals surface area contributed by atoms with Crippen molar-refractivity contribution in [2.24, 2.45) is 11.7 Å². The molecule has 0 aliphatic carbocycles. The Labute approximate surface area is 115 Å². The summed E-state index contributed by atoms with van der Waals surface area (Å²) in [6.45, 7) is 4.76. The van der Waals surface area contributed by atoms with Gasteiger partial charge < -0.3 is 20.5 Å². The summed E-state index contributed by atoms with van der Waals surface area (Å²) in [7, 11) is 1.64. The number of likely N-dealkylation sites (tertiary alicyclic amines) is 1. The molecule has 3 unspecified atom stereocenters. The summed E-state index contributed by atoms with van der Waals surface area (Å²) < 4.78 is 5.18. The number of β-amino-alcohol motifs (C(OH)–C–C–N with tert-alkyl or cyclic N) is 1. The van der Waals surface area contributed by atoms with Gasteiger partial charge >= 0.3 is 0 Å². The third kappa shape index (κ3) is 3.69. The maximum absolute atomic E-state index is 10.3. The fourth-order valence-electron chi connectivity index (χ4n) is 2.61. The Morgan fingerprint density at radius 1 is 1.53 bits per heavy atom. The molecule has 1 aromatic carbocycles. The summed E-state index contributed by atoms with van der Waals surface area (Å²) in [5, 5.41) is 10.3. The topological polar surface area (TPSA) is 58.7 Å². The second-order valence-electron chi connectivity index (χ2n) is 5.48. The summed E-state index contributed by atoms with van der Waals surface area (Å²) in [5.74, 6) is 1.27. The number of methoxy groups -OCH3 is 1. The summed E-state index contributed by atoms with van der Waals surface area (Å²) in [6.07, 6.45) is 0.531. The van der Waals surface area contributed by atoms with Gasteiger partial charge in [0.05, 0.1) is 13.2 Å². The van der Waals surface area contributed by atoms with E-state index in [0.717, 1.165) is 30.8 Å². The van der Waals surface area contributed by atoms with Crippen molar-refractivity contribution in [1.82, 2.24) is 4.90 Å². The first-order valence-electron chi connectivity index (χ1n) is 6.90. The Hall–Kier alpha value is -1.10. The minimum Gasteiger partial charge on any atom is -0.497 e. The molecule has 0 bridgehead atoms. The lowest BCUT2D eigenvalue weighted by Crippen LogP contribution is -2.46. The number of nitrogens with zero attached hydrogens (tertiary/aromatic N) is 1. The van der Waals surface area contributed by atoms with Crippen molar-refractivity contribution >= 4 is 0 Å². The zero-order chi connectivity index (χ0) is 13.8. The molecule has 3 N–H and O–H groups in total. The molecule has 0 saturated carbocycles. The highest BCUT2D eigenvalue weighted by Crippen LogP contribution is 2.22. The molecule has 0 spiro atoms. The van der Waals surface area contributed by atoms with Crippen molar-refractivity contribution in [2.75, 3.05) is 26.7 Å². The normalized spacial score (nSPS) is 26.1. The largest absolute Gasteiger partial charge is 0.497 e. The molecule has 1 heterocycles. The first kappa shape index (κ1) is 14.3. The average Bonchev–Trinajstić information content (AvgIpc) is 2.43. The first-order chi connectivity index (χ1) is 9.10. The summed E-state index contributed by atoms with van der Waals surface area (Å²) in [4.78, 5) is 2.29. The van der Waals surface area contributed by atoms with Gasteiger partial charge in [0, 0.05) is 19.1 Å². The van der Waals surface area contributed by atoms with Crippen molar-refractivity contribution in [3.63, 3.8) is 0 Å². The Bertz CT molecular complexity index is 411. The van der Waals surface area contributed by atoms with E-state index in [1.165, 1.54) is 0 Å². The molecule has 0 radical (unpaired) electrons. The minimum atomic E-state index is -0.475. The lowest BCUT2D eigenvalue weighted by molar-refractivity contribution is 0.0811. The number of rotatable bonds is 4. The molecule has 0 aromatic heterocycles. The van der Waals surface area contributed by atoms with Crippen LogP contribution in [0.4, 0.5) is 0 Å². The molecule has 1 aromatic rings. The number of hydrogen-bond donors (Lipinski definition) is 2. The third-order valence-corrected chi connectivity index (χ3v) is 3.97. The molecule has 0 amide bonds. The van der Waals surface area contributed by atoms with E-state index in [2.05, 4.69) is 11.8 Å². The smallest absolute Gasteiger partial charge is 0.119 e. The van der Waals surface area contributed by atoms with Crippen LogP contribution in [-0.4, -0.2) is 42.8 Å². The molecule has 1 saturated heterocycles. The second kappa shape index (κ2) is 6.37. The monoisotopic (exact) mass is 264 g/mol. The number of aliphatic hydroxyl groups is 1. The predicted molar refractivity (Wildman–Crippen MR) is 76.2 cm³/mol. The minimum absolute atomic E-state index is 0.296. The number of aliphatic hydroxyl groups excluding tert-OH is 1. The SMILES string of the molecule is COc1cccc(C(O)CN2CCC(N)C(C)C2)c1. The van der Waals surface area contributed by atoms with Crippen molar-refractivity contribution in [3.8, 4) is 5.75 Å². The summed E-state index contributed by atoms with van der Waals surface area (Å²) >= 11 is 0. The second-order valence-corrected chi connectivity index (χ2v) is 5.48. The van der Waals surface area contributed by atoms with Crippen LogP contribution in [0.1, 0.15) is 25.0 Å². The summed E-state index contributed by atoms with van der Waals surface area (Å²) in [6, 6.07) is 7.92. The molecule has 106 valence electrons. The standard InChI is InChI=1S/C15H24N2O2/c1-11-9-17(7-6-14(11)16)10-15(18)12-4-3-5-13(8-12)19-2/h3-5,8,11,14-15,18H,6-7,9-10,16H2,1-2H3. The maximum atomic E-state index is 10.3. The van der Waals surface area contributed by atoms with Crippen LogP contribution in [0.5, 0.6) is 5.75 Å². The van der Waals surface area contributed by atoms with Gasteiger partial charge in [0.2, 0.25) is 0 Å². The van der Waals surface area contributed by atoms with Gasteiger partial charge in [-0.3, -0.25) is 0 Å². The van der Waals surface area contributed by atoms with Crippen molar-refractivity contribution in [1.29, 1.82) is 0 Å². The number of hydrogen-bond acceptors (Lipinski definition) is 4. The Balaban J connectivity index is 1.95. The number of nitrogens with two attached hydrogens (primary N) is 1. The molecule has 4 heteroatoms. The zero-order valence-electron chi connectivity index (χ0n) is 11.7.